The summed E-state index contributed by atoms with van der Waals surface area (Å²) in [5.41, 5.74) is 2.70. The quantitative estimate of drug-likeness (QED) is 0.905. The number of rotatable bonds is 3. The van der Waals surface area contributed by atoms with Crippen molar-refractivity contribution < 1.29 is 9.59 Å². The number of anilines is 1. The summed E-state index contributed by atoms with van der Waals surface area (Å²) in [5.74, 6) is 1.49. The molecule has 2 heterocycles. The maximum absolute atomic E-state index is 12.1. The number of hydrogen-bond acceptors (Lipinski definition) is 3. The number of aromatic nitrogens is 2. The predicted molar refractivity (Wildman–Crippen MR) is 82.5 cm³/mol. The molecule has 2 aliphatic rings. The number of hydrogen-bond donors (Lipinski definition) is 2. The van der Waals surface area contributed by atoms with Crippen LogP contribution >= 0.6 is 0 Å². The summed E-state index contributed by atoms with van der Waals surface area (Å²) in [5, 5.41) is 5.54. The van der Waals surface area contributed by atoms with Gasteiger partial charge in [0.05, 0.1) is 11.0 Å². The van der Waals surface area contributed by atoms with Gasteiger partial charge in [0.2, 0.25) is 11.8 Å². The van der Waals surface area contributed by atoms with Crippen molar-refractivity contribution >= 4 is 28.5 Å². The SMILES string of the molecule is Cn1c(C2CC2)nc2cc(NC(=O)C3CCC(=O)N3)ccc21. The normalized spacial score (nSPS) is 21.1. The second kappa shape index (κ2) is 4.83. The molecule has 1 aromatic carbocycles. The first-order valence-electron chi connectivity index (χ1n) is 7.68. The van der Waals surface area contributed by atoms with E-state index in [2.05, 4.69) is 15.2 Å². The fraction of sp³-hybridized carbons (Fsp3) is 0.438. The molecule has 2 N–H and O–H groups in total. The van der Waals surface area contributed by atoms with Crippen LogP contribution in [0.1, 0.15) is 37.4 Å². The van der Waals surface area contributed by atoms with Crippen molar-refractivity contribution in [2.45, 2.75) is 37.6 Å². The zero-order chi connectivity index (χ0) is 15.3. The number of nitrogens with one attached hydrogen (secondary N) is 2. The Labute approximate surface area is 127 Å². The van der Waals surface area contributed by atoms with Crippen LogP contribution in [0.25, 0.3) is 11.0 Å². The molecule has 22 heavy (non-hydrogen) atoms. The Bertz CT molecular complexity index is 776. The predicted octanol–water partition coefficient (Wildman–Crippen LogP) is 1.67. The average molecular weight is 298 g/mol. The highest BCUT2D eigenvalue weighted by Crippen LogP contribution is 2.40. The van der Waals surface area contributed by atoms with Gasteiger partial charge in [-0.05, 0) is 37.5 Å². The topological polar surface area (TPSA) is 76.0 Å². The summed E-state index contributed by atoms with van der Waals surface area (Å²) in [4.78, 5) is 28.0. The Hall–Kier alpha value is -2.37. The van der Waals surface area contributed by atoms with Gasteiger partial charge in [0, 0.05) is 25.1 Å². The van der Waals surface area contributed by atoms with Crippen molar-refractivity contribution in [2.75, 3.05) is 5.32 Å². The van der Waals surface area contributed by atoms with E-state index in [0.29, 0.717) is 18.8 Å². The van der Waals surface area contributed by atoms with Crippen LogP contribution in [0.3, 0.4) is 0 Å². The van der Waals surface area contributed by atoms with E-state index in [4.69, 9.17) is 4.98 Å². The molecule has 6 heteroatoms. The van der Waals surface area contributed by atoms with Gasteiger partial charge in [-0.15, -0.1) is 0 Å². The molecule has 6 nitrogen and oxygen atoms in total. The zero-order valence-electron chi connectivity index (χ0n) is 12.4. The van der Waals surface area contributed by atoms with Gasteiger partial charge in [-0.25, -0.2) is 4.98 Å². The Morgan fingerprint density at radius 1 is 1.36 bits per heavy atom. The number of fused-ring (bicyclic) bond motifs is 1. The summed E-state index contributed by atoms with van der Waals surface area (Å²) >= 11 is 0. The lowest BCUT2D eigenvalue weighted by Crippen LogP contribution is -2.37. The van der Waals surface area contributed by atoms with Crippen LogP contribution in [-0.4, -0.2) is 27.4 Å². The molecule has 1 aromatic heterocycles. The van der Waals surface area contributed by atoms with Crippen molar-refractivity contribution in [3.8, 4) is 0 Å². The number of aryl methyl sites for hydroxylation is 1. The molecule has 1 saturated carbocycles. The van der Waals surface area contributed by atoms with Crippen LogP contribution in [0.2, 0.25) is 0 Å². The van der Waals surface area contributed by atoms with Crippen molar-refractivity contribution in [3.05, 3.63) is 24.0 Å². The molecular formula is C16H18N4O2. The molecule has 4 rings (SSSR count). The Balaban J connectivity index is 1.57. The van der Waals surface area contributed by atoms with Crippen LogP contribution in [0, 0.1) is 0 Å². The molecule has 2 fully saturated rings. The molecule has 0 spiro atoms. The number of amides is 2. The Morgan fingerprint density at radius 3 is 2.86 bits per heavy atom. The van der Waals surface area contributed by atoms with Gasteiger partial charge in [-0.2, -0.15) is 0 Å². The lowest BCUT2D eigenvalue weighted by Gasteiger charge is -2.10. The maximum Gasteiger partial charge on any atom is 0.246 e. The summed E-state index contributed by atoms with van der Waals surface area (Å²) in [7, 11) is 2.04. The van der Waals surface area contributed by atoms with Crippen molar-refractivity contribution in [2.24, 2.45) is 7.05 Å². The smallest absolute Gasteiger partial charge is 0.246 e. The zero-order valence-corrected chi connectivity index (χ0v) is 12.4. The molecule has 0 radical (unpaired) electrons. The molecule has 2 amide bonds. The number of carbonyl (C=O) groups excluding carboxylic acids is 2. The first-order valence-corrected chi connectivity index (χ1v) is 7.68. The second-order valence-corrected chi connectivity index (χ2v) is 6.15. The first-order chi connectivity index (χ1) is 10.6. The summed E-state index contributed by atoms with van der Waals surface area (Å²) in [6, 6.07) is 5.34. The van der Waals surface area contributed by atoms with E-state index < -0.39 is 6.04 Å². The lowest BCUT2D eigenvalue weighted by atomic mass is 10.2. The monoisotopic (exact) mass is 298 g/mol. The number of benzene rings is 1. The van der Waals surface area contributed by atoms with Crippen molar-refractivity contribution in [1.29, 1.82) is 0 Å². The standard InChI is InChI=1S/C16H18N4O2/c1-20-13-6-4-10(8-12(13)19-15(20)9-2-3-9)17-16(22)11-5-7-14(21)18-11/h4,6,8-9,11H,2-3,5,7H2,1H3,(H,17,22)(H,18,21). The third-order valence-corrected chi connectivity index (χ3v) is 4.44. The van der Waals surface area contributed by atoms with Gasteiger partial charge in [0.1, 0.15) is 11.9 Å². The van der Waals surface area contributed by atoms with Crippen molar-refractivity contribution in [1.82, 2.24) is 14.9 Å². The Morgan fingerprint density at radius 2 is 2.18 bits per heavy atom. The van der Waals surface area contributed by atoms with Gasteiger partial charge < -0.3 is 15.2 Å². The van der Waals surface area contributed by atoms with Gasteiger partial charge in [-0.1, -0.05) is 0 Å². The average Bonchev–Trinajstić information content (AvgIpc) is 3.17. The molecule has 1 atom stereocenters. The third-order valence-electron chi connectivity index (χ3n) is 4.44. The van der Waals surface area contributed by atoms with E-state index in [1.54, 1.807) is 0 Å². The second-order valence-electron chi connectivity index (χ2n) is 6.15. The van der Waals surface area contributed by atoms with Crippen LogP contribution in [0.4, 0.5) is 5.69 Å². The van der Waals surface area contributed by atoms with E-state index in [9.17, 15) is 9.59 Å². The van der Waals surface area contributed by atoms with E-state index >= 15 is 0 Å². The Kier molecular flexibility index (Phi) is 2.92. The van der Waals surface area contributed by atoms with E-state index in [0.717, 1.165) is 22.5 Å². The van der Waals surface area contributed by atoms with Crippen LogP contribution in [0.5, 0.6) is 0 Å². The highest BCUT2D eigenvalue weighted by Gasteiger charge is 2.29. The fourth-order valence-corrected chi connectivity index (χ4v) is 3.04. The highest BCUT2D eigenvalue weighted by atomic mass is 16.2. The van der Waals surface area contributed by atoms with E-state index in [1.807, 2.05) is 25.2 Å². The molecular weight excluding hydrogens is 280 g/mol. The molecule has 1 aliphatic carbocycles. The summed E-state index contributed by atoms with van der Waals surface area (Å²) < 4.78 is 2.13. The largest absolute Gasteiger partial charge is 0.344 e. The molecule has 114 valence electrons. The van der Waals surface area contributed by atoms with Gasteiger partial charge in [-0.3, -0.25) is 9.59 Å². The summed E-state index contributed by atoms with van der Waals surface area (Å²) in [6.07, 6.45) is 3.40. The van der Waals surface area contributed by atoms with Crippen LogP contribution in [-0.2, 0) is 16.6 Å². The minimum atomic E-state index is -0.422. The van der Waals surface area contributed by atoms with E-state index in [1.165, 1.54) is 12.8 Å². The minimum Gasteiger partial charge on any atom is -0.344 e. The third kappa shape index (κ3) is 2.24. The van der Waals surface area contributed by atoms with Crippen LogP contribution in [0.15, 0.2) is 18.2 Å². The van der Waals surface area contributed by atoms with Gasteiger partial charge in [0.15, 0.2) is 0 Å². The minimum absolute atomic E-state index is 0.0607. The van der Waals surface area contributed by atoms with Gasteiger partial charge >= 0.3 is 0 Å². The number of nitrogens with zero attached hydrogens (tertiary/aromatic N) is 2. The molecule has 2 aromatic rings. The molecule has 1 saturated heterocycles. The molecule has 1 unspecified atom stereocenters. The molecule has 1 aliphatic heterocycles. The van der Waals surface area contributed by atoms with Gasteiger partial charge in [0.25, 0.3) is 0 Å². The highest BCUT2D eigenvalue weighted by molar-refractivity contribution is 6.00. The summed E-state index contributed by atoms with van der Waals surface area (Å²) in [6.45, 7) is 0. The molecule has 0 bridgehead atoms. The lowest BCUT2D eigenvalue weighted by molar-refractivity contribution is -0.122. The fourth-order valence-electron chi connectivity index (χ4n) is 3.04. The maximum atomic E-state index is 12.1. The number of carbonyl (C=O) groups is 2. The first kappa shape index (κ1) is 13.3. The van der Waals surface area contributed by atoms with Crippen molar-refractivity contribution in [3.63, 3.8) is 0 Å². The number of imidazole rings is 1. The van der Waals surface area contributed by atoms with E-state index in [-0.39, 0.29) is 11.8 Å². The van der Waals surface area contributed by atoms with Crippen LogP contribution < -0.4 is 10.6 Å².